The predicted octanol–water partition coefficient (Wildman–Crippen LogP) is -1.49. The second-order valence-electron chi connectivity index (χ2n) is 9.29. The van der Waals surface area contributed by atoms with Crippen LogP contribution in [0.5, 0.6) is 0 Å². The number of carbonyl (C=O) groups is 1. The van der Waals surface area contributed by atoms with Crippen LogP contribution in [0.15, 0.2) is 42.9 Å². The van der Waals surface area contributed by atoms with Crippen molar-refractivity contribution >= 4 is 53.9 Å². The van der Waals surface area contributed by atoms with Crippen molar-refractivity contribution in [2.45, 2.75) is 23.5 Å². The SMILES string of the molecule is BC1(B)CCC(B)(B)N1CC(=O)Nc1cc2cc(-c3cnn(C)c3)ccc2cn1. The molecule has 29 heavy (non-hydrogen) atoms. The molecule has 1 saturated heterocycles. The smallest absolute Gasteiger partial charge is 0.239 e. The fourth-order valence-electron chi connectivity index (χ4n) is 4.41. The Labute approximate surface area is 175 Å². The lowest BCUT2D eigenvalue weighted by atomic mass is 9.58. The van der Waals surface area contributed by atoms with Crippen molar-refractivity contribution in [3.05, 3.63) is 42.9 Å². The summed E-state index contributed by atoms with van der Waals surface area (Å²) in [6, 6.07) is 8.16. The summed E-state index contributed by atoms with van der Waals surface area (Å²) < 4.78 is 1.79. The minimum absolute atomic E-state index is 0.0241. The van der Waals surface area contributed by atoms with E-state index in [0.29, 0.717) is 12.4 Å². The molecule has 6 nitrogen and oxygen atoms in total. The van der Waals surface area contributed by atoms with Gasteiger partial charge in [-0.1, -0.05) is 12.1 Å². The molecule has 1 aliphatic rings. The second-order valence-corrected chi connectivity index (χ2v) is 9.29. The third-order valence-electron chi connectivity index (χ3n) is 6.14. The van der Waals surface area contributed by atoms with Crippen LogP contribution in [-0.2, 0) is 11.8 Å². The fourth-order valence-corrected chi connectivity index (χ4v) is 4.41. The number of pyridine rings is 1. The van der Waals surface area contributed by atoms with E-state index in [0.717, 1.165) is 34.7 Å². The normalized spacial score (nSPS) is 18.1. The van der Waals surface area contributed by atoms with E-state index in [2.05, 4.69) is 63.8 Å². The van der Waals surface area contributed by atoms with Gasteiger partial charge in [0.05, 0.1) is 12.7 Å². The number of hydrogen-bond acceptors (Lipinski definition) is 4. The van der Waals surface area contributed by atoms with E-state index in [4.69, 9.17) is 0 Å². The molecule has 0 bridgehead atoms. The van der Waals surface area contributed by atoms with Crippen LogP contribution in [0.3, 0.4) is 0 Å². The van der Waals surface area contributed by atoms with Crippen LogP contribution < -0.4 is 5.32 Å². The quantitative estimate of drug-likeness (QED) is 0.559. The zero-order valence-electron chi connectivity index (χ0n) is 17.9. The monoisotopic (exact) mass is 383 g/mol. The number of rotatable bonds is 4. The minimum atomic E-state index is -0.0247. The van der Waals surface area contributed by atoms with Gasteiger partial charge < -0.3 is 10.2 Å². The van der Waals surface area contributed by atoms with E-state index >= 15 is 0 Å². The van der Waals surface area contributed by atoms with Gasteiger partial charge in [0.15, 0.2) is 0 Å². The van der Waals surface area contributed by atoms with Crippen molar-refractivity contribution in [3.8, 4) is 11.1 Å². The van der Waals surface area contributed by atoms with Crippen LogP contribution in [0.25, 0.3) is 21.9 Å². The van der Waals surface area contributed by atoms with Crippen molar-refractivity contribution in [1.29, 1.82) is 0 Å². The molecule has 1 fully saturated rings. The molecule has 1 amide bonds. The molecule has 3 aromatic rings. The third-order valence-corrected chi connectivity index (χ3v) is 6.14. The maximum atomic E-state index is 12.8. The van der Waals surface area contributed by atoms with Crippen molar-refractivity contribution in [3.63, 3.8) is 0 Å². The van der Waals surface area contributed by atoms with E-state index in [1.54, 1.807) is 4.68 Å². The molecule has 0 atom stereocenters. The standard InChI is InChI=1S/C19H25B4N5O/c1-27-10-15(9-25-27)12-2-3-13-8-24-16(7-14(13)6-12)26-17(29)11-28-18(20,21)4-5-19(28,22)23/h2-3,6-10H,4-5,11,20-23H2,1H3,(H,24,26,29). The van der Waals surface area contributed by atoms with Gasteiger partial charge in [0.1, 0.15) is 37.2 Å². The Kier molecular flexibility index (Phi) is 4.85. The van der Waals surface area contributed by atoms with Gasteiger partial charge in [-0.25, -0.2) is 4.98 Å². The predicted molar refractivity (Wildman–Crippen MR) is 128 cm³/mol. The summed E-state index contributed by atoms with van der Waals surface area (Å²) in [6.07, 6.45) is 7.84. The summed E-state index contributed by atoms with van der Waals surface area (Å²) in [4.78, 5) is 19.5. The highest BCUT2D eigenvalue weighted by Crippen LogP contribution is 2.33. The lowest BCUT2D eigenvalue weighted by molar-refractivity contribution is -0.117. The van der Waals surface area contributed by atoms with Crippen molar-refractivity contribution in [2.75, 3.05) is 11.9 Å². The van der Waals surface area contributed by atoms with E-state index < -0.39 is 0 Å². The molecule has 3 heterocycles. The average molecular weight is 383 g/mol. The number of carbonyl (C=O) groups excluding carboxylic acids is 1. The molecule has 4 rings (SSSR count). The number of aryl methyl sites for hydroxylation is 1. The number of fused-ring (bicyclic) bond motifs is 1. The summed E-state index contributed by atoms with van der Waals surface area (Å²) >= 11 is 0. The number of benzene rings is 1. The molecule has 0 aliphatic carbocycles. The van der Waals surface area contributed by atoms with Gasteiger partial charge in [-0.2, -0.15) is 5.10 Å². The van der Waals surface area contributed by atoms with Crippen LogP contribution in [0.4, 0.5) is 5.82 Å². The Bertz CT molecular complexity index is 1070. The van der Waals surface area contributed by atoms with Gasteiger partial charge >= 0.3 is 0 Å². The lowest BCUT2D eigenvalue weighted by Gasteiger charge is -2.40. The highest BCUT2D eigenvalue weighted by atomic mass is 16.2. The highest BCUT2D eigenvalue weighted by Gasteiger charge is 2.44. The molecule has 144 valence electrons. The molecular weight excluding hydrogens is 357 g/mol. The molecule has 0 saturated carbocycles. The maximum absolute atomic E-state index is 12.8. The Hall–Kier alpha value is -2.47. The first kappa shape index (κ1) is 19.8. The van der Waals surface area contributed by atoms with Gasteiger partial charge in [0.2, 0.25) is 5.91 Å². The number of nitrogens with zero attached hydrogens (tertiary/aromatic N) is 4. The zero-order valence-corrected chi connectivity index (χ0v) is 17.9. The largest absolute Gasteiger partial charge is 0.314 e. The first-order valence-corrected chi connectivity index (χ1v) is 10.1. The van der Waals surface area contributed by atoms with Crippen LogP contribution in [0.1, 0.15) is 12.8 Å². The number of hydrogen-bond donors (Lipinski definition) is 1. The molecule has 0 unspecified atom stereocenters. The topological polar surface area (TPSA) is 63.1 Å². The van der Waals surface area contributed by atoms with E-state index in [9.17, 15) is 4.79 Å². The maximum Gasteiger partial charge on any atom is 0.239 e. The molecule has 0 radical (unpaired) electrons. The molecule has 0 spiro atoms. The van der Waals surface area contributed by atoms with Gasteiger partial charge in [-0.3, -0.25) is 9.48 Å². The van der Waals surface area contributed by atoms with Gasteiger partial charge in [-0.15, -0.1) is 0 Å². The zero-order chi connectivity index (χ0) is 20.8. The first-order valence-electron chi connectivity index (χ1n) is 10.1. The van der Waals surface area contributed by atoms with Crippen LogP contribution >= 0.6 is 0 Å². The highest BCUT2D eigenvalue weighted by molar-refractivity contribution is 6.45. The minimum Gasteiger partial charge on any atom is -0.314 e. The van der Waals surface area contributed by atoms with E-state index in [-0.39, 0.29) is 16.6 Å². The average Bonchev–Trinajstić information content (AvgIpc) is 3.18. The molecule has 1 N–H and O–H groups in total. The van der Waals surface area contributed by atoms with E-state index in [1.807, 2.05) is 37.8 Å². The summed E-state index contributed by atoms with van der Waals surface area (Å²) in [6.45, 7) is 0.370. The van der Waals surface area contributed by atoms with Gasteiger partial charge in [0.25, 0.3) is 0 Å². The number of nitrogens with one attached hydrogen (secondary N) is 1. The van der Waals surface area contributed by atoms with Crippen LogP contribution in [0, 0.1) is 0 Å². The van der Waals surface area contributed by atoms with Crippen molar-refractivity contribution < 1.29 is 4.79 Å². The summed E-state index contributed by atoms with van der Waals surface area (Å²) in [5.41, 5.74) is 2.16. The number of amides is 1. The number of likely N-dealkylation sites (tertiary alicyclic amines) is 1. The summed E-state index contributed by atoms with van der Waals surface area (Å²) in [5, 5.41) is 9.36. The Morgan fingerprint density at radius 2 is 1.79 bits per heavy atom. The Balaban J connectivity index is 1.54. The Morgan fingerprint density at radius 1 is 1.07 bits per heavy atom. The van der Waals surface area contributed by atoms with Crippen LogP contribution in [-0.4, -0.2) is 74.2 Å². The first-order chi connectivity index (χ1) is 13.6. The molecule has 1 aliphatic heterocycles. The number of aromatic nitrogens is 3. The lowest BCUT2D eigenvalue weighted by Crippen LogP contribution is -2.58. The van der Waals surface area contributed by atoms with Gasteiger partial charge in [0, 0.05) is 30.4 Å². The summed E-state index contributed by atoms with van der Waals surface area (Å²) in [5.74, 6) is 0.559. The molecule has 2 aromatic heterocycles. The van der Waals surface area contributed by atoms with Gasteiger partial charge in [-0.05, 0) is 46.6 Å². The fraction of sp³-hybridized carbons (Fsp3) is 0.316. The van der Waals surface area contributed by atoms with Crippen LogP contribution in [0.2, 0.25) is 0 Å². The molecular formula is C19H25B4N5O. The van der Waals surface area contributed by atoms with Crippen molar-refractivity contribution in [2.24, 2.45) is 7.05 Å². The van der Waals surface area contributed by atoms with Crippen molar-refractivity contribution in [1.82, 2.24) is 19.7 Å². The van der Waals surface area contributed by atoms with E-state index in [1.165, 1.54) is 0 Å². The number of anilines is 1. The summed E-state index contributed by atoms with van der Waals surface area (Å²) in [7, 11) is 10.8. The molecule has 1 aromatic carbocycles. The third kappa shape index (κ3) is 3.99. The second kappa shape index (κ2) is 7.10. The molecule has 10 heteroatoms. The Morgan fingerprint density at radius 3 is 2.45 bits per heavy atom.